The third-order valence-electron chi connectivity index (χ3n) is 4.66. The van der Waals surface area contributed by atoms with E-state index < -0.39 is 17.4 Å². The maximum atomic E-state index is 12.6. The van der Waals surface area contributed by atoms with Gasteiger partial charge >= 0.3 is 165 Å². The molecule has 0 saturated heterocycles. The number of hydrogen-bond acceptors (Lipinski definition) is 5. The molecule has 27 heavy (non-hydrogen) atoms. The first-order valence-electron chi connectivity index (χ1n) is 8.59. The molecule has 5 nitrogen and oxygen atoms in total. The molecule has 1 aliphatic rings. The number of benzene rings is 1. The van der Waals surface area contributed by atoms with Crippen LogP contribution in [0.4, 0.5) is 0 Å². The number of pyridine rings is 1. The van der Waals surface area contributed by atoms with Crippen molar-refractivity contribution in [3.63, 3.8) is 0 Å². The van der Waals surface area contributed by atoms with Crippen LogP contribution in [0.5, 0.6) is 0 Å². The number of carbonyl (C=O) groups excluding carboxylic acids is 2. The molecule has 0 bridgehead atoms. The van der Waals surface area contributed by atoms with Crippen molar-refractivity contribution in [3.05, 3.63) is 66.5 Å². The molecule has 1 heterocycles. The first-order valence-corrected chi connectivity index (χ1v) is 10.7. The Bertz CT molecular complexity index is 820. The van der Waals surface area contributed by atoms with Crippen LogP contribution in [0.25, 0.3) is 5.57 Å². The van der Waals surface area contributed by atoms with Crippen LogP contribution < -0.4 is 4.46 Å². The monoisotopic (exact) mass is 431 g/mol. The van der Waals surface area contributed by atoms with Crippen LogP contribution in [0.1, 0.15) is 12.1 Å². The van der Waals surface area contributed by atoms with Crippen molar-refractivity contribution in [2.45, 2.75) is 11.7 Å². The van der Waals surface area contributed by atoms with Gasteiger partial charge in [-0.05, 0) is 0 Å². The molecule has 0 aliphatic heterocycles. The van der Waals surface area contributed by atoms with Gasteiger partial charge in [-0.1, -0.05) is 0 Å². The fraction of sp³-hybridized carbons (Fsp3) is 0.286. The summed E-state index contributed by atoms with van der Waals surface area (Å²) in [6, 6.07) is 15.9. The van der Waals surface area contributed by atoms with Gasteiger partial charge in [0, 0.05) is 0 Å². The summed E-state index contributed by atoms with van der Waals surface area (Å²) >= 11 is 0.210. The van der Waals surface area contributed by atoms with Crippen LogP contribution >= 0.6 is 0 Å². The minimum absolute atomic E-state index is 0.0262. The van der Waals surface area contributed by atoms with Crippen molar-refractivity contribution >= 4 is 36.9 Å². The molecule has 1 aromatic heterocycles. The fourth-order valence-corrected chi connectivity index (χ4v) is 5.54. The van der Waals surface area contributed by atoms with Crippen LogP contribution in [0.3, 0.4) is 0 Å². The van der Waals surface area contributed by atoms with Gasteiger partial charge in [-0.25, -0.2) is 0 Å². The van der Waals surface area contributed by atoms with Gasteiger partial charge in [0.1, 0.15) is 0 Å². The van der Waals surface area contributed by atoms with Crippen molar-refractivity contribution in [2.24, 2.45) is 11.3 Å². The standard InChI is InChI=1S/C21H21NO4Se/c1-25-19(23)21(20(24)26-2)12-15(14-27-16-8-4-3-5-9-16)17(13-21)18-10-6-7-11-22-18/h3-11,13,15H,12,14H2,1-2H3. The molecule has 0 saturated carbocycles. The molecule has 0 fully saturated rings. The topological polar surface area (TPSA) is 65.5 Å². The third kappa shape index (κ3) is 3.97. The molecule has 1 atom stereocenters. The van der Waals surface area contributed by atoms with E-state index in [1.54, 1.807) is 12.3 Å². The Kier molecular flexibility index (Phi) is 6.09. The number of rotatable bonds is 6. The van der Waals surface area contributed by atoms with E-state index >= 15 is 0 Å². The average molecular weight is 430 g/mol. The zero-order chi connectivity index (χ0) is 19.3. The molecular formula is C21H21NO4Se. The Morgan fingerprint density at radius 2 is 1.74 bits per heavy atom. The Hall–Kier alpha value is -2.43. The third-order valence-corrected chi connectivity index (χ3v) is 7.13. The van der Waals surface area contributed by atoms with E-state index in [0.29, 0.717) is 6.42 Å². The summed E-state index contributed by atoms with van der Waals surface area (Å²) in [6.45, 7) is 0. The van der Waals surface area contributed by atoms with Crippen molar-refractivity contribution in [1.29, 1.82) is 0 Å². The number of ether oxygens (including phenoxy) is 2. The van der Waals surface area contributed by atoms with Crippen molar-refractivity contribution in [3.8, 4) is 0 Å². The van der Waals surface area contributed by atoms with E-state index in [4.69, 9.17) is 9.47 Å². The van der Waals surface area contributed by atoms with Gasteiger partial charge in [-0.2, -0.15) is 0 Å². The van der Waals surface area contributed by atoms with Crippen molar-refractivity contribution in [2.75, 3.05) is 14.2 Å². The number of aromatic nitrogens is 1. The van der Waals surface area contributed by atoms with Crippen LogP contribution in [-0.2, 0) is 19.1 Å². The van der Waals surface area contributed by atoms with Crippen LogP contribution in [-0.4, -0.2) is 46.1 Å². The summed E-state index contributed by atoms with van der Waals surface area (Å²) in [5.41, 5.74) is 0.276. The normalized spacial score (nSPS) is 17.9. The Morgan fingerprint density at radius 3 is 2.33 bits per heavy atom. The average Bonchev–Trinajstić information content (AvgIpc) is 3.13. The summed E-state index contributed by atoms with van der Waals surface area (Å²) in [5.74, 6) is -1.15. The number of methoxy groups -OCH3 is 2. The second kappa shape index (κ2) is 8.51. The maximum absolute atomic E-state index is 12.6. The molecule has 3 rings (SSSR count). The van der Waals surface area contributed by atoms with Gasteiger partial charge in [0.2, 0.25) is 0 Å². The minimum atomic E-state index is -1.41. The predicted octanol–water partition coefficient (Wildman–Crippen LogP) is 2.27. The molecule has 140 valence electrons. The summed E-state index contributed by atoms with van der Waals surface area (Å²) in [7, 11) is 2.59. The second-order valence-electron chi connectivity index (χ2n) is 6.29. The quantitative estimate of drug-likeness (QED) is 0.400. The molecule has 1 aromatic carbocycles. The van der Waals surface area contributed by atoms with E-state index in [1.807, 2.05) is 36.4 Å². The zero-order valence-corrected chi connectivity index (χ0v) is 17.0. The van der Waals surface area contributed by atoms with Crippen LogP contribution in [0, 0.1) is 11.3 Å². The van der Waals surface area contributed by atoms with Crippen molar-refractivity contribution < 1.29 is 19.1 Å². The van der Waals surface area contributed by atoms with Gasteiger partial charge < -0.3 is 0 Å². The predicted molar refractivity (Wildman–Crippen MR) is 103 cm³/mol. The molecule has 0 N–H and O–H groups in total. The molecule has 6 heteroatoms. The second-order valence-corrected chi connectivity index (χ2v) is 8.59. The first-order chi connectivity index (χ1) is 13.1. The van der Waals surface area contributed by atoms with E-state index in [1.165, 1.54) is 18.7 Å². The zero-order valence-electron chi connectivity index (χ0n) is 15.3. The SMILES string of the molecule is COC(=O)C1(C(=O)OC)C=C(c2ccccn2)C(C[Se]c2ccccc2)C1. The number of nitrogens with zero attached hydrogens (tertiary/aromatic N) is 1. The van der Waals surface area contributed by atoms with Gasteiger partial charge in [0.05, 0.1) is 0 Å². The van der Waals surface area contributed by atoms with E-state index in [-0.39, 0.29) is 20.9 Å². The molecule has 1 aliphatic carbocycles. The summed E-state index contributed by atoms with van der Waals surface area (Å²) < 4.78 is 11.2. The number of hydrogen-bond donors (Lipinski definition) is 0. The number of esters is 2. The Balaban J connectivity index is 1.95. The van der Waals surface area contributed by atoms with Gasteiger partial charge in [-0.15, -0.1) is 0 Å². The van der Waals surface area contributed by atoms with E-state index in [0.717, 1.165) is 16.6 Å². The number of carbonyl (C=O) groups is 2. The first kappa shape index (κ1) is 19.3. The van der Waals surface area contributed by atoms with Gasteiger partial charge in [0.15, 0.2) is 0 Å². The Labute approximate surface area is 164 Å². The Morgan fingerprint density at radius 1 is 1.07 bits per heavy atom. The fourth-order valence-electron chi connectivity index (χ4n) is 3.35. The van der Waals surface area contributed by atoms with E-state index in [9.17, 15) is 9.59 Å². The summed E-state index contributed by atoms with van der Waals surface area (Å²) in [4.78, 5) is 29.5. The number of allylic oxidation sites excluding steroid dienone is 1. The summed E-state index contributed by atoms with van der Waals surface area (Å²) in [5, 5.41) is 0.856. The molecule has 1 unspecified atom stereocenters. The van der Waals surface area contributed by atoms with Crippen molar-refractivity contribution in [1.82, 2.24) is 4.98 Å². The molecule has 2 aromatic rings. The summed E-state index contributed by atoms with van der Waals surface area (Å²) in [6.07, 6.45) is 3.76. The van der Waals surface area contributed by atoms with Crippen LogP contribution in [0.2, 0.25) is 5.32 Å². The van der Waals surface area contributed by atoms with Crippen LogP contribution in [0.15, 0.2) is 60.8 Å². The molecule has 0 spiro atoms. The van der Waals surface area contributed by atoms with Gasteiger partial charge in [0.25, 0.3) is 0 Å². The molecular weight excluding hydrogens is 409 g/mol. The van der Waals surface area contributed by atoms with Gasteiger partial charge in [-0.3, -0.25) is 0 Å². The van der Waals surface area contributed by atoms with E-state index in [2.05, 4.69) is 17.1 Å². The molecule has 0 radical (unpaired) electrons. The molecule has 0 amide bonds.